The third-order valence-corrected chi connectivity index (χ3v) is 3.48. The SMILES string of the molecule is CCOC(=O)C(C)(C)C(=O)CN1CCC(CO)C1. The van der Waals surface area contributed by atoms with Crippen molar-refractivity contribution in [3.8, 4) is 0 Å². The van der Waals surface area contributed by atoms with Gasteiger partial charge in [0.05, 0.1) is 13.2 Å². The van der Waals surface area contributed by atoms with Crippen molar-refractivity contribution in [2.75, 3.05) is 32.8 Å². The van der Waals surface area contributed by atoms with Crippen molar-refractivity contribution < 1.29 is 19.4 Å². The van der Waals surface area contributed by atoms with Gasteiger partial charge in [0.1, 0.15) is 5.41 Å². The molecule has 0 amide bonds. The van der Waals surface area contributed by atoms with Gasteiger partial charge in [-0.1, -0.05) is 0 Å². The molecule has 18 heavy (non-hydrogen) atoms. The predicted molar refractivity (Wildman–Crippen MR) is 67.1 cm³/mol. The van der Waals surface area contributed by atoms with Crippen LogP contribution in [0.15, 0.2) is 0 Å². The highest BCUT2D eigenvalue weighted by molar-refractivity contribution is 6.03. The summed E-state index contributed by atoms with van der Waals surface area (Å²) in [6.45, 7) is 7.15. The molecule has 0 saturated carbocycles. The second-order valence-corrected chi connectivity index (χ2v) is 5.34. The molecular formula is C13H23NO4. The lowest BCUT2D eigenvalue weighted by molar-refractivity contribution is -0.158. The minimum absolute atomic E-state index is 0.125. The predicted octanol–water partition coefficient (Wildman–Crippen LogP) is 0.459. The number of Topliss-reactive ketones (excluding diaryl/α,β-unsaturated/α-hetero) is 1. The number of nitrogens with zero attached hydrogens (tertiary/aromatic N) is 1. The van der Waals surface area contributed by atoms with Crippen molar-refractivity contribution in [3.63, 3.8) is 0 Å². The highest BCUT2D eigenvalue weighted by atomic mass is 16.5. The number of ether oxygens (including phenoxy) is 1. The standard InChI is InChI=1S/C13H23NO4/c1-4-18-12(17)13(2,3)11(16)8-14-6-5-10(7-14)9-15/h10,15H,4-9H2,1-3H3. The molecule has 5 heteroatoms. The van der Waals surface area contributed by atoms with Crippen LogP contribution in [0.3, 0.4) is 0 Å². The van der Waals surface area contributed by atoms with Crippen LogP contribution in [0.1, 0.15) is 27.2 Å². The summed E-state index contributed by atoms with van der Waals surface area (Å²) in [7, 11) is 0. The van der Waals surface area contributed by atoms with Crippen molar-refractivity contribution in [1.29, 1.82) is 0 Å². The van der Waals surface area contributed by atoms with Crippen molar-refractivity contribution >= 4 is 11.8 Å². The van der Waals surface area contributed by atoms with E-state index >= 15 is 0 Å². The van der Waals surface area contributed by atoms with Crippen LogP contribution >= 0.6 is 0 Å². The molecule has 0 spiro atoms. The van der Waals surface area contributed by atoms with Crippen molar-refractivity contribution in [2.45, 2.75) is 27.2 Å². The molecule has 1 saturated heterocycles. The van der Waals surface area contributed by atoms with Gasteiger partial charge in [0, 0.05) is 13.2 Å². The van der Waals surface area contributed by atoms with Crippen LogP contribution in [0, 0.1) is 11.3 Å². The highest BCUT2D eigenvalue weighted by Crippen LogP contribution is 2.22. The van der Waals surface area contributed by atoms with Crippen molar-refractivity contribution in [2.24, 2.45) is 11.3 Å². The van der Waals surface area contributed by atoms with Crippen molar-refractivity contribution in [3.05, 3.63) is 0 Å². The molecule has 0 aromatic heterocycles. The molecule has 1 aliphatic rings. The average Bonchev–Trinajstić information content (AvgIpc) is 2.77. The maximum absolute atomic E-state index is 12.1. The third-order valence-electron chi connectivity index (χ3n) is 3.48. The Labute approximate surface area is 108 Å². The second-order valence-electron chi connectivity index (χ2n) is 5.34. The Morgan fingerprint density at radius 3 is 2.61 bits per heavy atom. The first-order valence-electron chi connectivity index (χ1n) is 6.45. The van der Waals surface area contributed by atoms with Crippen LogP contribution in [0.4, 0.5) is 0 Å². The molecule has 0 bridgehead atoms. The topological polar surface area (TPSA) is 66.8 Å². The summed E-state index contributed by atoms with van der Waals surface area (Å²) in [5.74, 6) is -0.337. The molecule has 1 rings (SSSR count). The smallest absolute Gasteiger partial charge is 0.319 e. The molecular weight excluding hydrogens is 234 g/mol. The van der Waals surface area contributed by atoms with E-state index in [1.54, 1.807) is 20.8 Å². The lowest BCUT2D eigenvalue weighted by Crippen LogP contribution is -2.41. The number of hydrogen-bond donors (Lipinski definition) is 1. The molecule has 1 aliphatic heterocycles. The molecule has 0 aromatic carbocycles. The van der Waals surface area contributed by atoms with E-state index in [1.165, 1.54) is 0 Å². The van der Waals surface area contributed by atoms with Crippen LogP contribution in [-0.4, -0.2) is 54.6 Å². The number of hydrogen-bond acceptors (Lipinski definition) is 5. The number of ketones is 1. The van der Waals surface area contributed by atoms with Gasteiger partial charge < -0.3 is 9.84 Å². The summed E-state index contributed by atoms with van der Waals surface area (Å²) in [6, 6.07) is 0. The van der Waals surface area contributed by atoms with Crippen LogP contribution in [0.5, 0.6) is 0 Å². The van der Waals surface area contributed by atoms with Gasteiger partial charge in [-0.15, -0.1) is 0 Å². The zero-order valence-electron chi connectivity index (χ0n) is 11.4. The van der Waals surface area contributed by atoms with Gasteiger partial charge in [0.2, 0.25) is 0 Å². The van der Waals surface area contributed by atoms with E-state index in [1.807, 2.05) is 4.90 Å². The van der Waals surface area contributed by atoms with Crippen molar-refractivity contribution in [1.82, 2.24) is 4.90 Å². The van der Waals surface area contributed by atoms with E-state index in [9.17, 15) is 9.59 Å². The van der Waals surface area contributed by atoms with E-state index in [0.717, 1.165) is 19.5 Å². The maximum atomic E-state index is 12.1. The summed E-state index contributed by atoms with van der Waals surface area (Å²) >= 11 is 0. The average molecular weight is 257 g/mol. The van der Waals surface area contributed by atoms with Gasteiger partial charge in [-0.05, 0) is 39.7 Å². The van der Waals surface area contributed by atoms with E-state index in [-0.39, 0.29) is 31.5 Å². The molecule has 104 valence electrons. The Hall–Kier alpha value is -0.940. The fourth-order valence-corrected chi connectivity index (χ4v) is 2.03. The summed E-state index contributed by atoms with van der Waals surface area (Å²) < 4.78 is 4.92. The first-order chi connectivity index (χ1) is 8.41. The number of aliphatic hydroxyl groups excluding tert-OH is 1. The number of rotatable bonds is 6. The molecule has 5 nitrogen and oxygen atoms in total. The first-order valence-corrected chi connectivity index (χ1v) is 6.45. The molecule has 1 N–H and O–H groups in total. The van der Waals surface area contributed by atoms with Gasteiger partial charge in [0.25, 0.3) is 0 Å². The van der Waals surface area contributed by atoms with Crippen LogP contribution < -0.4 is 0 Å². The zero-order chi connectivity index (χ0) is 13.8. The molecule has 1 atom stereocenters. The minimum Gasteiger partial charge on any atom is -0.465 e. The number of carbonyl (C=O) groups is 2. The fourth-order valence-electron chi connectivity index (χ4n) is 2.03. The molecule has 0 aliphatic carbocycles. The summed E-state index contributed by atoms with van der Waals surface area (Å²) in [5, 5.41) is 9.05. The van der Waals surface area contributed by atoms with Crippen LogP contribution in [0.25, 0.3) is 0 Å². The Morgan fingerprint density at radius 1 is 1.44 bits per heavy atom. The van der Waals surface area contributed by atoms with E-state index in [0.29, 0.717) is 0 Å². The molecule has 1 heterocycles. The lowest BCUT2D eigenvalue weighted by Gasteiger charge is -2.24. The lowest BCUT2D eigenvalue weighted by atomic mass is 9.88. The van der Waals surface area contributed by atoms with Crippen LogP contribution in [-0.2, 0) is 14.3 Å². The van der Waals surface area contributed by atoms with Gasteiger partial charge in [-0.2, -0.15) is 0 Å². The molecule has 0 radical (unpaired) electrons. The third kappa shape index (κ3) is 3.53. The van der Waals surface area contributed by atoms with Gasteiger partial charge in [-0.25, -0.2) is 0 Å². The fraction of sp³-hybridized carbons (Fsp3) is 0.846. The molecule has 1 unspecified atom stereocenters. The highest BCUT2D eigenvalue weighted by Gasteiger charge is 2.38. The zero-order valence-corrected chi connectivity index (χ0v) is 11.4. The Morgan fingerprint density at radius 2 is 2.11 bits per heavy atom. The molecule has 0 aromatic rings. The van der Waals surface area contributed by atoms with Gasteiger partial charge in [-0.3, -0.25) is 14.5 Å². The Balaban J connectivity index is 2.52. The summed E-state index contributed by atoms with van der Waals surface area (Å²) in [5.41, 5.74) is -1.09. The first kappa shape index (κ1) is 15.1. The van der Waals surface area contributed by atoms with E-state index < -0.39 is 11.4 Å². The normalized spacial score (nSPS) is 21.0. The van der Waals surface area contributed by atoms with E-state index in [4.69, 9.17) is 9.84 Å². The number of carbonyl (C=O) groups excluding carboxylic acids is 2. The van der Waals surface area contributed by atoms with Gasteiger partial charge in [0.15, 0.2) is 5.78 Å². The molecule has 1 fully saturated rings. The monoisotopic (exact) mass is 257 g/mol. The summed E-state index contributed by atoms with van der Waals surface area (Å²) in [4.78, 5) is 25.8. The minimum atomic E-state index is -1.09. The largest absolute Gasteiger partial charge is 0.465 e. The van der Waals surface area contributed by atoms with Gasteiger partial charge >= 0.3 is 5.97 Å². The number of aliphatic hydroxyl groups is 1. The quantitative estimate of drug-likeness (QED) is 0.553. The maximum Gasteiger partial charge on any atom is 0.319 e. The van der Waals surface area contributed by atoms with E-state index in [2.05, 4.69) is 0 Å². The number of esters is 1. The summed E-state index contributed by atoms with van der Waals surface area (Å²) in [6.07, 6.45) is 0.906. The second kappa shape index (κ2) is 6.29. The number of likely N-dealkylation sites (tertiary alicyclic amines) is 1. The Bertz CT molecular complexity index is 314. The Kier molecular flexibility index (Phi) is 5.28. The van der Waals surface area contributed by atoms with Crippen LogP contribution in [0.2, 0.25) is 0 Å².